The molecule has 0 atom stereocenters. The number of anilines is 1. The van der Waals surface area contributed by atoms with E-state index in [0.717, 1.165) is 14.7 Å². The van der Waals surface area contributed by atoms with Crippen molar-refractivity contribution < 1.29 is 0 Å². The summed E-state index contributed by atoms with van der Waals surface area (Å²) in [5.41, 5.74) is 6.69. The normalized spacial score (nSPS) is 11.1. The second-order valence-electron chi connectivity index (χ2n) is 5.32. The lowest BCUT2D eigenvalue weighted by Crippen LogP contribution is -2.25. The third kappa shape index (κ3) is 2.72. The first kappa shape index (κ1) is 15.3. The molecule has 8 nitrogen and oxygen atoms in total. The van der Waals surface area contributed by atoms with Gasteiger partial charge in [-0.1, -0.05) is 35.9 Å². The standard InChI is InChI=1S/C16H12ClN7O/c17-11-6-2-4-8-13(11)24-16(25)23(21-22-24)9-14-19-12-7-3-1-5-10(12)15(18)20-14/h1-8H,9H2,(H2,18,19,20). The Bertz CT molecular complexity index is 1130. The summed E-state index contributed by atoms with van der Waals surface area (Å²) in [7, 11) is 0. The molecule has 0 spiro atoms. The maximum Gasteiger partial charge on any atom is 0.368 e. The van der Waals surface area contributed by atoms with Gasteiger partial charge in [-0.25, -0.2) is 14.8 Å². The lowest BCUT2D eigenvalue weighted by molar-refractivity contribution is 0.611. The van der Waals surface area contributed by atoms with Gasteiger partial charge >= 0.3 is 5.69 Å². The van der Waals surface area contributed by atoms with E-state index in [1.807, 2.05) is 24.3 Å². The Balaban J connectivity index is 1.73. The quantitative estimate of drug-likeness (QED) is 0.600. The molecule has 25 heavy (non-hydrogen) atoms. The summed E-state index contributed by atoms with van der Waals surface area (Å²) in [6, 6.07) is 14.3. The first-order valence-corrected chi connectivity index (χ1v) is 7.80. The van der Waals surface area contributed by atoms with Crippen molar-refractivity contribution in [2.24, 2.45) is 0 Å². The number of hydrogen-bond donors (Lipinski definition) is 1. The van der Waals surface area contributed by atoms with Crippen LogP contribution in [-0.2, 0) is 6.54 Å². The number of tetrazole rings is 1. The van der Waals surface area contributed by atoms with Crippen LogP contribution in [-0.4, -0.2) is 29.8 Å². The zero-order chi connectivity index (χ0) is 17.4. The molecule has 2 aromatic carbocycles. The molecule has 4 rings (SSSR count). The predicted molar refractivity (Wildman–Crippen MR) is 93.7 cm³/mol. The van der Waals surface area contributed by atoms with Crippen LogP contribution in [0.3, 0.4) is 0 Å². The Hall–Kier alpha value is -3.26. The molecule has 0 radical (unpaired) electrons. The van der Waals surface area contributed by atoms with Gasteiger partial charge in [-0.15, -0.1) is 0 Å². The van der Waals surface area contributed by atoms with Crippen LogP contribution < -0.4 is 11.4 Å². The zero-order valence-corrected chi connectivity index (χ0v) is 13.6. The van der Waals surface area contributed by atoms with E-state index in [4.69, 9.17) is 17.3 Å². The number of nitrogens with zero attached hydrogens (tertiary/aromatic N) is 6. The van der Waals surface area contributed by atoms with Gasteiger partial charge in [-0.3, -0.25) is 0 Å². The molecule has 0 saturated heterocycles. The van der Waals surface area contributed by atoms with Gasteiger partial charge in [0.15, 0.2) is 5.82 Å². The van der Waals surface area contributed by atoms with E-state index in [-0.39, 0.29) is 6.54 Å². The molecule has 0 saturated carbocycles. The van der Waals surface area contributed by atoms with Crippen molar-refractivity contribution in [1.82, 2.24) is 29.8 Å². The van der Waals surface area contributed by atoms with E-state index in [0.29, 0.717) is 27.9 Å². The average Bonchev–Trinajstić information content (AvgIpc) is 2.96. The molecule has 0 aliphatic rings. The highest BCUT2D eigenvalue weighted by Gasteiger charge is 2.13. The van der Waals surface area contributed by atoms with Gasteiger partial charge in [0.1, 0.15) is 12.4 Å². The monoisotopic (exact) mass is 353 g/mol. The van der Waals surface area contributed by atoms with Crippen molar-refractivity contribution in [2.75, 3.05) is 5.73 Å². The molecular formula is C16H12ClN7O. The maximum atomic E-state index is 12.5. The number of aromatic nitrogens is 6. The summed E-state index contributed by atoms with van der Waals surface area (Å²) in [6.45, 7) is 0.0539. The van der Waals surface area contributed by atoms with Crippen molar-refractivity contribution in [3.8, 4) is 5.69 Å². The van der Waals surface area contributed by atoms with Gasteiger partial charge in [0.05, 0.1) is 16.2 Å². The predicted octanol–water partition coefficient (Wildman–Crippen LogP) is 1.66. The molecule has 0 aliphatic carbocycles. The minimum absolute atomic E-state index is 0.0539. The van der Waals surface area contributed by atoms with Crippen LogP contribution in [0.4, 0.5) is 5.82 Å². The summed E-state index contributed by atoms with van der Waals surface area (Å²) in [5, 5.41) is 8.92. The van der Waals surface area contributed by atoms with Crippen molar-refractivity contribution in [1.29, 1.82) is 0 Å². The average molecular weight is 354 g/mol. The Morgan fingerprint density at radius 3 is 2.60 bits per heavy atom. The third-order valence-corrected chi connectivity index (χ3v) is 4.01. The number of para-hydroxylation sites is 2. The van der Waals surface area contributed by atoms with Crippen molar-refractivity contribution >= 4 is 28.3 Å². The highest BCUT2D eigenvalue weighted by Crippen LogP contribution is 2.18. The summed E-state index contributed by atoms with van der Waals surface area (Å²) in [6.07, 6.45) is 0. The minimum Gasteiger partial charge on any atom is -0.383 e. The second kappa shape index (κ2) is 5.99. The number of benzene rings is 2. The fourth-order valence-corrected chi connectivity index (χ4v) is 2.72. The first-order chi connectivity index (χ1) is 12.1. The van der Waals surface area contributed by atoms with E-state index >= 15 is 0 Å². The number of halogens is 1. The fraction of sp³-hybridized carbons (Fsp3) is 0.0625. The van der Waals surface area contributed by atoms with Crippen LogP contribution in [0.1, 0.15) is 5.82 Å². The highest BCUT2D eigenvalue weighted by atomic mass is 35.5. The Morgan fingerprint density at radius 1 is 1.00 bits per heavy atom. The van der Waals surface area contributed by atoms with E-state index in [1.54, 1.807) is 24.3 Å². The number of rotatable bonds is 3. The molecule has 0 amide bonds. The summed E-state index contributed by atoms with van der Waals surface area (Å²) < 4.78 is 2.29. The molecule has 2 N–H and O–H groups in total. The lowest BCUT2D eigenvalue weighted by atomic mass is 10.2. The van der Waals surface area contributed by atoms with E-state index < -0.39 is 5.69 Å². The topological polar surface area (TPSA) is 105 Å². The molecule has 4 aromatic rings. The SMILES string of the molecule is Nc1nc(Cn2nnn(-c3ccccc3Cl)c2=O)nc2ccccc12. The van der Waals surface area contributed by atoms with Gasteiger partial charge in [-0.2, -0.15) is 9.36 Å². The third-order valence-electron chi connectivity index (χ3n) is 3.69. The largest absolute Gasteiger partial charge is 0.383 e. The smallest absolute Gasteiger partial charge is 0.368 e. The highest BCUT2D eigenvalue weighted by molar-refractivity contribution is 6.32. The van der Waals surface area contributed by atoms with Crippen molar-refractivity contribution in [3.05, 3.63) is 69.9 Å². The zero-order valence-electron chi connectivity index (χ0n) is 12.9. The fourth-order valence-electron chi connectivity index (χ4n) is 2.50. The lowest BCUT2D eigenvalue weighted by Gasteiger charge is -2.04. The van der Waals surface area contributed by atoms with Gasteiger partial charge in [0.25, 0.3) is 0 Å². The number of hydrogen-bond acceptors (Lipinski definition) is 6. The molecule has 0 fully saturated rings. The maximum absolute atomic E-state index is 12.5. The van der Waals surface area contributed by atoms with Crippen molar-refractivity contribution in [3.63, 3.8) is 0 Å². The number of nitrogen functional groups attached to an aromatic ring is 1. The van der Waals surface area contributed by atoms with E-state index in [2.05, 4.69) is 20.4 Å². The summed E-state index contributed by atoms with van der Waals surface area (Å²) in [4.78, 5) is 21.2. The van der Waals surface area contributed by atoms with Crippen LogP contribution in [0.2, 0.25) is 5.02 Å². The molecule has 0 bridgehead atoms. The van der Waals surface area contributed by atoms with Gasteiger partial charge in [-0.05, 0) is 34.7 Å². The van der Waals surface area contributed by atoms with Gasteiger partial charge in [0, 0.05) is 5.39 Å². The Morgan fingerprint density at radius 2 is 1.76 bits per heavy atom. The molecule has 2 heterocycles. The van der Waals surface area contributed by atoms with Crippen molar-refractivity contribution in [2.45, 2.75) is 6.54 Å². The number of fused-ring (bicyclic) bond motifs is 1. The molecule has 0 unspecified atom stereocenters. The second-order valence-corrected chi connectivity index (χ2v) is 5.73. The van der Waals surface area contributed by atoms with Crippen LogP contribution in [0, 0.1) is 0 Å². The Labute approximate surface area is 146 Å². The molecule has 2 aromatic heterocycles. The van der Waals surface area contributed by atoms with Crippen LogP contribution in [0.5, 0.6) is 0 Å². The van der Waals surface area contributed by atoms with Gasteiger partial charge in [0.2, 0.25) is 0 Å². The molecular weight excluding hydrogens is 342 g/mol. The van der Waals surface area contributed by atoms with Gasteiger partial charge < -0.3 is 5.73 Å². The summed E-state index contributed by atoms with van der Waals surface area (Å²) in [5.74, 6) is 0.733. The molecule has 124 valence electrons. The number of nitrogens with two attached hydrogens (primary N) is 1. The molecule has 0 aliphatic heterocycles. The van der Waals surface area contributed by atoms with Crippen LogP contribution in [0.15, 0.2) is 53.3 Å². The van der Waals surface area contributed by atoms with Crippen LogP contribution >= 0.6 is 11.6 Å². The van der Waals surface area contributed by atoms with Crippen LogP contribution in [0.25, 0.3) is 16.6 Å². The Kier molecular flexibility index (Phi) is 3.66. The summed E-state index contributed by atoms with van der Waals surface area (Å²) >= 11 is 6.11. The minimum atomic E-state index is -0.441. The van der Waals surface area contributed by atoms with E-state index in [9.17, 15) is 4.79 Å². The molecule has 9 heteroatoms. The van der Waals surface area contributed by atoms with E-state index in [1.165, 1.54) is 0 Å². The first-order valence-electron chi connectivity index (χ1n) is 7.42.